The number of aromatic nitrogens is 1. The van der Waals surface area contributed by atoms with E-state index in [0.717, 1.165) is 44.5 Å². The summed E-state index contributed by atoms with van der Waals surface area (Å²) in [5.74, 6) is 0.161. The van der Waals surface area contributed by atoms with Crippen molar-refractivity contribution < 1.29 is 14.3 Å². The molecule has 4 rings (SSSR count). The van der Waals surface area contributed by atoms with Crippen molar-refractivity contribution in [1.29, 1.82) is 0 Å². The van der Waals surface area contributed by atoms with Gasteiger partial charge in [0, 0.05) is 44.7 Å². The highest BCUT2D eigenvalue weighted by molar-refractivity contribution is 5.95. The molecule has 4 heterocycles. The van der Waals surface area contributed by atoms with Crippen molar-refractivity contribution in [1.82, 2.24) is 14.8 Å². The van der Waals surface area contributed by atoms with Crippen LogP contribution in [0.4, 0.5) is 0 Å². The Morgan fingerprint density at radius 2 is 2.04 bits per heavy atom. The van der Waals surface area contributed by atoms with E-state index in [9.17, 15) is 9.59 Å². The number of amides is 2. The molecule has 140 valence electrons. The van der Waals surface area contributed by atoms with Crippen LogP contribution in [0.3, 0.4) is 0 Å². The highest BCUT2D eigenvalue weighted by atomic mass is 16.5. The van der Waals surface area contributed by atoms with Crippen LogP contribution in [-0.4, -0.2) is 65.5 Å². The molecule has 2 atom stereocenters. The number of fused-ring (bicyclic) bond motifs is 1. The average molecular weight is 357 g/mol. The van der Waals surface area contributed by atoms with E-state index in [2.05, 4.69) is 4.98 Å². The van der Waals surface area contributed by atoms with Gasteiger partial charge in [-0.15, -0.1) is 0 Å². The molecule has 0 spiro atoms. The van der Waals surface area contributed by atoms with Gasteiger partial charge >= 0.3 is 0 Å². The molecule has 6 heteroatoms. The SMILES string of the molecule is CCc1ccc(C(=O)N2CC[C@H]3OCC[C@@]3(C(=O)N3CCCC3)C2)cn1. The molecule has 0 radical (unpaired) electrons. The third-order valence-electron chi connectivity index (χ3n) is 6.16. The summed E-state index contributed by atoms with van der Waals surface area (Å²) < 4.78 is 5.91. The van der Waals surface area contributed by atoms with Crippen molar-refractivity contribution in [3.8, 4) is 0 Å². The quantitative estimate of drug-likeness (QED) is 0.829. The zero-order chi connectivity index (χ0) is 18.1. The van der Waals surface area contributed by atoms with E-state index in [1.54, 1.807) is 6.20 Å². The first-order valence-corrected chi connectivity index (χ1v) is 9.79. The Morgan fingerprint density at radius 3 is 2.73 bits per heavy atom. The fourth-order valence-corrected chi connectivity index (χ4v) is 4.60. The van der Waals surface area contributed by atoms with Gasteiger partial charge in [0.1, 0.15) is 0 Å². The number of carbonyl (C=O) groups excluding carboxylic acids is 2. The number of pyridine rings is 1. The van der Waals surface area contributed by atoms with Gasteiger partial charge in [-0.25, -0.2) is 0 Å². The smallest absolute Gasteiger partial charge is 0.255 e. The average Bonchev–Trinajstić information content (AvgIpc) is 3.36. The number of piperidine rings is 1. The monoisotopic (exact) mass is 357 g/mol. The summed E-state index contributed by atoms with van der Waals surface area (Å²) in [6, 6.07) is 3.75. The molecule has 6 nitrogen and oxygen atoms in total. The maximum atomic E-state index is 13.3. The number of aryl methyl sites for hydroxylation is 1. The molecule has 0 bridgehead atoms. The Balaban J connectivity index is 1.55. The molecule has 1 aromatic heterocycles. The van der Waals surface area contributed by atoms with Crippen LogP contribution < -0.4 is 0 Å². The molecule has 0 aromatic carbocycles. The number of ether oxygens (including phenoxy) is 1. The predicted molar refractivity (Wildman–Crippen MR) is 96.7 cm³/mol. The van der Waals surface area contributed by atoms with Crippen molar-refractivity contribution in [3.05, 3.63) is 29.6 Å². The Kier molecular flexibility index (Phi) is 4.69. The lowest BCUT2D eigenvalue weighted by Crippen LogP contribution is -2.58. The van der Waals surface area contributed by atoms with E-state index in [1.807, 2.05) is 28.9 Å². The van der Waals surface area contributed by atoms with Crippen LogP contribution in [0.25, 0.3) is 0 Å². The van der Waals surface area contributed by atoms with Crippen molar-refractivity contribution in [3.63, 3.8) is 0 Å². The Hall–Kier alpha value is -1.95. The van der Waals surface area contributed by atoms with Gasteiger partial charge in [0.25, 0.3) is 5.91 Å². The van der Waals surface area contributed by atoms with Gasteiger partial charge in [-0.2, -0.15) is 0 Å². The van der Waals surface area contributed by atoms with E-state index in [1.165, 1.54) is 0 Å². The number of hydrogen-bond acceptors (Lipinski definition) is 4. The lowest BCUT2D eigenvalue weighted by molar-refractivity contribution is -0.148. The maximum Gasteiger partial charge on any atom is 0.255 e. The molecule has 2 amide bonds. The summed E-state index contributed by atoms with van der Waals surface area (Å²) in [4.78, 5) is 34.4. The van der Waals surface area contributed by atoms with Crippen molar-refractivity contribution in [2.75, 3.05) is 32.8 Å². The van der Waals surface area contributed by atoms with Gasteiger partial charge in [-0.1, -0.05) is 6.92 Å². The van der Waals surface area contributed by atoms with Gasteiger partial charge in [-0.3, -0.25) is 14.6 Å². The molecule has 3 aliphatic heterocycles. The summed E-state index contributed by atoms with van der Waals surface area (Å²) in [6.45, 7) is 5.42. The highest BCUT2D eigenvalue weighted by Gasteiger charge is 2.55. The topological polar surface area (TPSA) is 62.7 Å². The van der Waals surface area contributed by atoms with Crippen molar-refractivity contribution in [2.24, 2.45) is 5.41 Å². The molecule has 26 heavy (non-hydrogen) atoms. The van der Waals surface area contributed by atoms with Gasteiger partial charge in [0.05, 0.1) is 17.1 Å². The number of carbonyl (C=O) groups is 2. The minimum atomic E-state index is -0.560. The van der Waals surface area contributed by atoms with Crippen LogP contribution >= 0.6 is 0 Å². The number of likely N-dealkylation sites (tertiary alicyclic amines) is 2. The summed E-state index contributed by atoms with van der Waals surface area (Å²) >= 11 is 0. The van der Waals surface area contributed by atoms with Gasteiger partial charge in [-0.05, 0) is 44.2 Å². The molecule has 3 fully saturated rings. The summed E-state index contributed by atoms with van der Waals surface area (Å²) in [7, 11) is 0. The van der Waals surface area contributed by atoms with E-state index < -0.39 is 5.41 Å². The molecule has 3 aliphatic rings. The normalized spacial score (nSPS) is 28.3. The second-order valence-electron chi connectivity index (χ2n) is 7.67. The molecule has 0 saturated carbocycles. The maximum absolute atomic E-state index is 13.3. The van der Waals surface area contributed by atoms with E-state index >= 15 is 0 Å². The molecule has 0 aliphatic carbocycles. The fraction of sp³-hybridized carbons (Fsp3) is 0.650. The first-order chi connectivity index (χ1) is 12.6. The Morgan fingerprint density at radius 1 is 1.23 bits per heavy atom. The van der Waals surface area contributed by atoms with Crippen LogP contribution in [-0.2, 0) is 16.0 Å². The zero-order valence-electron chi connectivity index (χ0n) is 15.4. The number of hydrogen-bond donors (Lipinski definition) is 0. The van der Waals surface area contributed by atoms with Crippen molar-refractivity contribution >= 4 is 11.8 Å². The van der Waals surface area contributed by atoms with Crippen LogP contribution in [0.5, 0.6) is 0 Å². The van der Waals surface area contributed by atoms with Gasteiger partial charge < -0.3 is 14.5 Å². The largest absolute Gasteiger partial charge is 0.377 e. The summed E-state index contributed by atoms with van der Waals surface area (Å²) in [5, 5.41) is 0. The zero-order valence-corrected chi connectivity index (χ0v) is 15.4. The van der Waals surface area contributed by atoms with Gasteiger partial charge in [0.15, 0.2) is 0 Å². The Labute approximate surface area is 154 Å². The lowest BCUT2D eigenvalue weighted by atomic mass is 9.75. The minimum absolute atomic E-state index is 0.0286. The van der Waals surface area contributed by atoms with Crippen LogP contribution in [0.15, 0.2) is 18.3 Å². The lowest BCUT2D eigenvalue weighted by Gasteiger charge is -2.44. The predicted octanol–water partition coefficient (Wildman–Crippen LogP) is 1.89. The van der Waals surface area contributed by atoms with Crippen LogP contribution in [0.1, 0.15) is 48.7 Å². The summed E-state index contributed by atoms with van der Waals surface area (Å²) in [6.07, 6.45) is 6.05. The van der Waals surface area contributed by atoms with Crippen LogP contribution in [0.2, 0.25) is 0 Å². The molecular formula is C20H27N3O3. The molecule has 1 aromatic rings. The first kappa shape index (κ1) is 17.5. The van der Waals surface area contributed by atoms with E-state index in [4.69, 9.17) is 4.74 Å². The standard InChI is InChI=1S/C20H27N3O3/c1-2-16-6-5-15(13-21-16)18(24)23-11-7-17-20(14-23,8-12-26-17)19(25)22-9-3-4-10-22/h5-6,13,17H,2-4,7-12,14H2,1H3/t17-,20-/m1/s1. The second-order valence-corrected chi connectivity index (χ2v) is 7.67. The summed E-state index contributed by atoms with van der Waals surface area (Å²) in [5.41, 5.74) is 1.02. The van der Waals surface area contributed by atoms with E-state index in [0.29, 0.717) is 31.7 Å². The fourth-order valence-electron chi connectivity index (χ4n) is 4.60. The third-order valence-corrected chi connectivity index (χ3v) is 6.16. The third kappa shape index (κ3) is 2.90. The number of rotatable bonds is 3. The Bertz CT molecular complexity index is 684. The van der Waals surface area contributed by atoms with Crippen molar-refractivity contribution in [2.45, 2.75) is 45.1 Å². The first-order valence-electron chi connectivity index (χ1n) is 9.79. The second kappa shape index (κ2) is 6.99. The minimum Gasteiger partial charge on any atom is -0.377 e. The highest BCUT2D eigenvalue weighted by Crippen LogP contribution is 2.43. The van der Waals surface area contributed by atoms with E-state index in [-0.39, 0.29) is 17.9 Å². The van der Waals surface area contributed by atoms with Gasteiger partial charge in [0.2, 0.25) is 5.91 Å². The molecule has 0 N–H and O–H groups in total. The van der Waals surface area contributed by atoms with Crippen LogP contribution in [0, 0.1) is 5.41 Å². The molecule has 0 unspecified atom stereocenters. The number of nitrogens with zero attached hydrogens (tertiary/aromatic N) is 3. The molecular weight excluding hydrogens is 330 g/mol. The molecule has 3 saturated heterocycles.